The van der Waals surface area contributed by atoms with E-state index in [0.717, 1.165) is 24.3 Å². The van der Waals surface area contributed by atoms with Crippen LogP contribution in [0.5, 0.6) is 0 Å². The first-order chi connectivity index (χ1) is 16.5. The van der Waals surface area contributed by atoms with Crippen LogP contribution in [0.15, 0.2) is 53.5 Å². The Balaban J connectivity index is 2.12. The quantitative estimate of drug-likeness (QED) is 0.417. The molecule has 11 heteroatoms. The van der Waals surface area contributed by atoms with Crippen LogP contribution in [0.1, 0.15) is 28.5 Å². The van der Waals surface area contributed by atoms with Crippen LogP contribution in [-0.2, 0) is 16.6 Å². The molecule has 0 saturated heterocycles. The van der Waals surface area contributed by atoms with E-state index in [1.54, 1.807) is 0 Å². The number of carbonyl (C=O) groups is 1. The first-order valence-corrected chi connectivity index (χ1v) is 12.2. The minimum absolute atomic E-state index is 0.0148. The lowest BCUT2D eigenvalue weighted by Gasteiger charge is -2.13. The number of nitrogens with one attached hydrogen (secondary N) is 2. The third-order valence-corrected chi connectivity index (χ3v) is 6.87. The normalized spacial score (nSPS) is 11.7. The van der Waals surface area contributed by atoms with Crippen LogP contribution in [0.25, 0.3) is 22.0 Å². The Morgan fingerprint density at radius 2 is 1.83 bits per heavy atom. The van der Waals surface area contributed by atoms with Crippen molar-refractivity contribution in [2.24, 2.45) is 0 Å². The van der Waals surface area contributed by atoms with Crippen LogP contribution >= 0.6 is 0 Å². The molecule has 0 radical (unpaired) electrons. The summed E-state index contributed by atoms with van der Waals surface area (Å²) in [5.41, 5.74) is -0.724. The largest absolute Gasteiger partial charge is 0.331 e. The van der Waals surface area contributed by atoms with E-state index in [0.29, 0.717) is 0 Å². The molecule has 0 atom stereocenters. The molecule has 7 nitrogen and oxygen atoms in total. The van der Waals surface area contributed by atoms with E-state index in [-0.39, 0.29) is 38.9 Å². The maximum atomic E-state index is 14.6. The number of pyridine rings is 1. The SMILES string of the molecule is CCS(=O)(=O)NC(=O)c1c(-c2ccc[nH]c2=O)c2cc(C)c(F)cc2n1Cc1cc(F)ccc1F. The fourth-order valence-electron chi connectivity index (χ4n) is 3.87. The molecule has 1 amide bonds. The smallest absolute Gasteiger partial charge is 0.282 e. The molecule has 0 aliphatic carbocycles. The van der Waals surface area contributed by atoms with Gasteiger partial charge in [-0.1, -0.05) is 0 Å². The number of halogens is 3. The first-order valence-electron chi connectivity index (χ1n) is 10.5. The molecule has 35 heavy (non-hydrogen) atoms. The standard InChI is InChI=1S/C24H20F3N3O4S/c1-3-35(33,34)29-24(32)22-21(16-5-4-8-28-23(16)31)17-9-13(2)19(27)11-20(17)30(22)12-14-10-15(25)6-7-18(14)26/h4-11H,3,12H2,1-2H3,(H,28,31)(H,29,32). The van der Waals surface area contributed by atoms with Gasteiger partial charge in [0.15, 0.2) is 0 Å². The Labute approximate surface area is 198 Å². The fourth-order valence-corrected chi connectivity index (χ4v) is 4.39. The molecule has 0 unspecified atom stereocenters. The predicted molar refractivity (Wildman–Crippen MR) is 125 cm³/mol. The van der Waals surface area contributed by atoms with E-state index in [9.17, 15) is 31.2 Å². The molecule has 0 aliphatic heterocycles. The number of amides is 1. The molecule has 182 valence electrons. The summed E-state index contributed by atoms with van der Waals surface area (Å²) in [5, 5.41) is 0.261. The van der Waals surface area contributed by atoms with Crippen LogP contribution < -0.4 is 10.3 Å². The lowest BCUT2D eigenvalue weighted by molar-refractivity contribution is 0.0974. The number of nitrogens with zero attached hydrogens (tertiary/aromatic N) is 1. The predicted octanol–water partition coefficient (Wildman–Crippen LogP) is 3.85. The maximum absolute atomic E-state index is 14.6. The van der Waals surface area contributed by atoms with Gasteiger partial charge in [0.2, 0.25) is 10.0 Å². The highest BCUT2D eigenvalue weighted by atomic mass is 32.2. The molecule has 2 heterocycles. The molecular formula is C24H20F3N3O4S. The lowest BCUT2D eigenvalue weighted by Crippen LogP contribution is -2.34. The van der Waals surface area contributed by atoms with Gasteiger partial charge in [-0.3, -0.25) is 9.59 Å². The number of carbonyl (C=O) groups excluding carboxylic acids is 1. The van der Waals surface area contributed by atoms with Crippen molar-refractivity contribution in [1.82, 2.24) is 14.3 Å². The van der Waals surface area contributed by atoms with Crippen molar-refractivity contribution in [3.8, 4) is 11.1 Å². The number of rotatable bonds is 6. The van der Waals surface area contributed by atoms with Gasteiger partial charge in [-0.25, -0.2) is 26.3 Å². The Morgan fingerprint density at radius 1 is 1.09 bits per heavy atom. The van der Waals surface area contributed by atoms with E-state index in [4.69, 9.17) is 0 Å². The summed E-state index contributed by atoms with van der Waals surface area (Å²) in [6.07, 6.45) is 1.37. The Morgan fingerprint density at radius 3 is 2.51 bits per heavy atom. The summed E-state index contributed by atoms with van der Waals surface area (Å²) in [6.45, 7) is 2.37. The van der Waals surface area contributed by atoms with Crippen molar-refractivity contribution in [3.05, 3.63) is 93.3 Å². The number of H-pyrrole nitrogens is 1. The first kappa shape index (κ1) is 24.3. The Bertz CT molecular complexity index is 1640. The van der Waals surface area contributed by atoms with Gasteiger partial charge >= 0.3 is 0 Å². The molecule has 2 aromatic heterocycles. The second-order valence-corrected chi connectivity index (χ2v) is 9.92. The number of aromatic nitrogens is 2. The van der Waals surface area contributed by atoms with Crippen LogP contribution in [0.4, 0.5) is 13.2 Å². The van der Waals surface area contributed by atoms with Gasteiger partial charge in [-0.2, -0.15) is 0 Å². The maximum Gasteiger partial charge on any atom is 0.282 e. The third-order valence-electron chi connectivity index (χ3n) is 5.61. The fraction of sp³-hybridized carbons (Fsp3) is 0.167. The molecule has 0 saturated carbocycles. The molecule has 0 fully saturated rings. The third kappa shape index (κ3) is 4.59. The summed E-state index contributed by atoms with van der Waals surface area (Å²) in [4.78, 5) is 28.5. The van der Waals surface area contributed by atoms with Gasteiger partial charge in [0.1, 0.15) is 23.1 Å². The van der Waals surface area contributed by atoms with Crippen molar-refractivity contribution in [2.45, 2.75) is 20.4 Å². The zero-order valence-electron chi connectivity index (χ0n) is 18.7. The van der Waals surface area contributed by atoms with Crippen molar-refractivity contribution < 1.29 is 26.4 Å². The number of benzene rings is 2. The highest BCUT2D eigenvalue weighted by Crippen LogP contribution is 2.36. The van der Waals surface area contributed by atoms with Crippen molar-refractivity contribution >= 4 is 26.8 Å². The van der Waals surface area contributed by atoms with Crippen molar-refractivity contribution in [2.75, 3.05) is 5.75 Å². The molecule has 0 aliphatic rings. The summed E-state index contributed by atoms with van der Waals surface area (Å²) in [5.74, 6) is -3.67. The van der Waals surface area contributed by atoms with Gasteiger partial charge in [0, 0.05) is 28.3 Å². The molecular weight excluding hydrogens is 483 g/mol. The second-order valence-electron chi connectivity index (χ2n) is 7.91. The van der Waals surface area contributed by atoms with E-state index in [2.05, 4.69) is 4.98 Å². The minimum atomic E-state index is -4.04. The number of hydrogen-bond acceptors (Lipinski definition) is 4. The monoisotopic (exact) mass is 503 g/mol. The topological polar surface area (TPSA) is 101 Å². The number of aryl methyl sites for hydroxylation is 1. The van der Waals surface area contributed by atoms with Gasteiger partial charge in [0.25, 0.3) is 11.5 Å². The minimum Gasteiger partial charge on any atom is -0.331 e. The number of sulfonamides is 1. The van der Waals surface area contributed by atoms with E-state index >= 15 is 0 Å². The van der Waals surface area contributed by atoms with Gasteiger partial charge in [-0.05, 0) is 61.9 Å². The number of aromatic amines is 1. The van der Waals surface area contributed by atoms with Gasteiger partial charge in [-0.15, -0.1) is 0 Å². The average molecular weight is 504 g/mol. The summed E-state index contributed by atoms with van der Waals surface area (Å²) < 4.78 is 70.6. The highest BCUT2D eigenvalue weighted by Gasteiger charge is 2.28. The van der Waals surface area contributed by atoms with Gasteiger partial charge < -0.3 is 9.55 Å². The Kier molecular flexibility index (Phi) is 6.28. The van der Waals surface area contributed by atoms with Crippen LogP contribution in [0, 0.1) is 24.4 Å². The zero-order valence-corrected chi connectivity index (χ0v) is 19.5. The lowest BCUT2D eigenvalue weighted by atomic mass is 10.0. The average Bonchev–Trinajstić information content (AvgIpc) is 3.09. The van der Waals surface area contributed by atoms with Crippen molar-refractivity contribution in [1.29, 1.82) is 0 Å². The summed E-state index contributed by atoms with van der Waals surface area (Å²) in [6, 6.07) is 8.20. The van der Waals surface area contributed by atoms with Crippen LogP contribution in [0.3, 0.4) is 0 Å². The Hall–Kier alpha value is -3.86. The number of fused-ring (bicyclic) bond motifs is 1. The molecule has 2 N–H and O–H groups in total. The number of hydrogen-bond donors (Lipinski definition) is 2. The molecule has 4 aromatic rings. The molecule has 0 spiro atoms. The summed E-state index contributed by atoms with van der Waals surface area (Å²) >= 11 is 0. The zero-order chi connectivity index (χ0) is 25.5. The van der Waals surface area contributed by atoms with E-state index in [1.807, 2.05) is 4.72 Å². The molecule has 2 aromatic carbocycles. The van der Waals surface area contributed by atoms with E-state index in [1.165, 1.54) is 42.8 Å². The molecule has 4 rings (SSSR count). The van der Waals surface area contributed by atoms with Crippen molar-refractivity contribution in [3.63, 3.8) is 0 Å². The van der Waals surface area contributed by atoms with Crippen LogP contribution in [0.2, 0.25) is 0 Å². The van der Waals surface area contributed by atoms with E-state index < -0.39 is 51.2 Å². The highest BCUT2D eigenvalue weighted by molar-refractivity contribution is 7.90. The summed E-state index contributed by atoms with van der Waals surface area (Å²) in [7, 11) is -4.04. The molecule has 0 bridgehead atoms. The van der Waals surface area contributed by atoms with Gasteiger partial charge in [0.05, 0.1) is 17.8 Å². The second kappa shape index (κ2) is 9.06. The van der Waals surface area contributed by atoms with Crippen LogP contribution in [-0.4, -0.2) is 29.6 Å².